The van der Waals surface area contributed by atoms with Crippen molar-refractivity contribution in [2.75, 3.05) is 5.32 Å². The van der Waals surface area contributed by atoms with Crippen LogP contribution < -0.4 is 5.32 Å². The van der Waals surface area contributed by atoms with E-state index in [1.165, 1.54) is 5.56 Å². The van der Waals surface area contributed by atoms with Gasteiger partial charge in [0.05, 0.1) is 6.10 Å². The van der Waals surface area contributed by atoms with Gasteiger partial charge >= 0.3 is 0 Å². The predicted octanol–water partition coefficient (Wildman–Crippen LogP) is 2.57. The van der Waals surface area contributed by atoms with Crippen molar-refractivity contribution in [2.24, 2.45) is 0 Å². The van der Waals surface area contributed by atoms with E-state index in [0.29, 0.717) is 0 Å². The summed E-state index contributed by atoms with van der Waals surface area (Å²) in [4.78, 5) is 0. The van der Waals surface area contributed by atoms with E-state index >= 15 is 0 Å². The second kappa shape index (κ2) is 5.01. The standard InChI is InChI=1S/C12H19NO/c1-4-12(14)10(3)13-11-8-6-5-7-9(11)2/h5-8,10,12-14H,4H2,1-3H3/t10-,12-/m1/s1. The van der Waals surface area contributed by atoms with Crippen molar-refractivity contribution < 1.29 is 5.11 Å². The first-order valence-corrected chi connectivity index (χ1v) is 5.15. The molecule has 0 saturated heterocycles. The van der Waals surface area contributed by atoms with Crippen LogP contribution in [0.5, 0.6) is 0 Å². The first-order valence-electron chi connectivity index (χ1n) is 5.15. The molecule has 0 aliphatic carbocycles. The minimum Gasteiger partial charge on any atom is -0.391 e. The predicted molar refractivity (Wildman–Crippen MR) is 60.6 cm³/mol. The van der Waals surface area contributed by atoms with E-state index in [9.17, 15) is 5.11 Å². The van der Waals surface area contributed by atoms with Crippen LogP contribution in [0.4, 0.5) is 5.69 Å². The Bertz CT molecular complexity index is 285. The lowest BCUT2D eigenvalue weighted by Crippen LogP contribution is -2.30. The number of nitrogens with one attached hydrogen (secondary N) is 1. The smallest absolute Gasteiger partial charge is 0.0735 e. The third kappa shape index (κ3) is 2.74. The van der Waals surface area contributed by atoms with Gasteiger partial charge in [-0.15, -0.1) is 0 Å². The van der Waals surface area contributed by atoms with E-state index in [4.69, 9.17) is 0 Å². The van der Waals surface area contributed by atoms with Gasteiger partial charge in [0.1, 0.15) is 0 Å². The van der Waals surface area contributed by atoms with Gasteiger partial charge < -0.3 is 10.4 Å². The van der Waals surface area contributed by atoms with E-state index in [-0.39, 0.29) is 12.1 Å². The highest BCUT2D eigenvalue weighted by Gasteiger charge is 2.11. The van der Waals surface area contributed by atoms with Crippen molar-refractivity contribution in [3.8, 4) is 0 Å². The monoisotopic (exact) mass is 193 g/mol. The number of aryl methyl sites for hydroxylation is 1. The maximum absolute atomic E-state index is 9.62. The molecule has 0 amide bonds. The quantitative estimate of drug-likeness (QED) is 0.770. The molecule has 2 N–H and O–H groups in total. The fourth-order valence-corrected chi connectivity index (χ4v) is 1.43. The van der Waals surface area contributed by atoms with Crippen molar-refractivity contribution in [1.29, 1.82) is 0 Å². The number of para-hydroxylation sites is 1. The second-order valence-electron chi connectivity index (χ2n) is 3.72. The molecule has 1 rings (SSSR count). The molecule has 0 radical (unpaired) electrons. The molecule has 2 nitrogen and oxygen atoms in total. The molecular formula is C12H19NO. The van der Waals surface area contributed by atoms with Crippen LogP contribution in [0, 0.1) is 6.92 Å². The molecule has 0 fully saturated rings. The van der Waals surface area contributed by atoms with Crippen LogP contribution in [0.1, 0.15) is 25.8 Å². The zero-order valence-electron chi connectivity index (χ0n) is 9.12. The summed E-state index contributed by atoms with van der Waals surface area (Å²) >= 11 is 0. The summed E-state index contributed by atoms with van der Waals surface area (Å²) in [6.45, 7) is 6.05. The summed E-state index contributed by atoms with van der Waals surface area (Å²) in [6.07, 6.45) is 0.495. The van der Waals surface area contributed by atoms with Gasteiger partial charge in [-0.2, -0.15) is 0 Å². The summed E-state index contributed by atoms with van der Waals surface area (Å²) in [6, 6.07) is 8.21. The minimum atomic E-state index is -0.283. The van der Waals surface area contributed by atoms with E-state index in [1.54, 1.807) is 0 Å². The average molecular weight is 193 g/mol. The minimum absolute atomic E-state index is 0.0982. The Morgan fingerprint density at radius 2 is 2.00 bits per heavy atom. The van der Waals surface area contributed by atoms with Crippen molar-refractivity contribution in [3.63, 3.8) is 0 Å². The summed E-state index contributed by atoms with van der Waals surface area (Å²) < 4.78 is 0. The molecule has 2 heteroatoms. The van der Waals surface area contributed by atoms with Crippen LogP contribution in [0.2, 0.25) is 0 Å². The van der Waals surface area contributed by atoms with Gasteiger partial charge in [0.2, 0.25) is 0 Å². The highest BCUT2D eigenvalue weighted by atomic mass is 16.3. The number of hydrogen-bond acceptors (Lipinski definition) is 2. The molecule has 14 heavy (non-hydrogen) atoms. The Balaban J connectivity index is 2.64. The molecule has 1 aromatic carbocycles. The molecule has 2 atom stereocenters. The van der Waals surface area contributed by atoms with Crippen molar-refractivity contribution in [3.05, 3.63) is 29.8 Å². The number of benzene rings is 1. The summed E-state index contributed by atoms with van der Waals surface area (Å²) in [7, 11) is 0. The van der Waals surface area contributed by atoms with Crippen LogP contribution in [0.3, 0.4) is 0 Å². The highest BCUT2D eigenvalue weighted by Crippen LogP contribution is 2.15. The van der Waals surface area contributed by atoms with Crippen LogP contribution in [0.25, 0.3) is 0 Å². The lowest BCUT2D eigenvalue weighted by molar-refractivity contribution is 0.154. The maximum Gasteiger partial charge on any atom is 0.0735 e. The zero-order valence-corrected chi connectivity index (χ0v) is 9.12. The number of anilines is 1. The third-order valence-corrected chi connectivity index (χ3v) is 2.52. The van der Waals surface area contributed by atoms with Gasteiger partial charge in [0.25, 0.3) is 0 Å². The first kappa shape index (κ1) is 11.1. The summed E-state index contributed by atoms with van der Waals surface area (Å²) in [5.74, 6) is 0. The Morgan fingerprint density at radius 3 is 2.57 bits per heavy atom. The number of hydrogen-bond donors (Lipinski definition) is 2. The summed E-state index contributed by atoms with van der Waals surface area (Å²) in [5, 5.41) is 12.9. The van der Waals surface area contributed by atoms with Crippen LogP contribution in [0.15, 0.2) is 24.3 Å². The average Bonchev–Trinajstić information content (AvgIpc) is 2.20. The van der Waals surface area contributed by atoms with Crippen LogP contribution >= 0.6 is 0 Å². The maximum atomic E-state index is 9.62. The topological polar surface area (TPSA) is 32.3 Å². The Kier molecular flexibility index (Phi) is 3.96. The second-order valence-corrected chi connectivity index (χ2v) is 3.72. The van der Waals surface area contributed by atoms with Crippen LogP contribution in [-0.4, -0.2) is 17.3 Å². The molecule has 0 saturated carbocycles. The molecule has 0 bridgehead atoms. The van der Waals surface area contributed by atoms with Gasteiger partial charge in [-0.05, 0) is 31.9 Å². The van der Waals surface area contributed by atoms with Crippen molar-refractivity contribution >= 4 is 5.69 Å². The first-order chi connectivity index (χ1) is 6.65. The molecular weight excluding hydrogens is 174 g/mol. The molecule has 0 heterocycles. The Hall–Kier alpha value is -1.02. The molecule has 0 aliphatic heterocycles. The normalized spacial score (nSPS) is 14.9. The van der Waals surface area contributed by atoms with E-state index < -0.39 is 0 Å². The molecule has 0 spiro atoms. The zero-order chi connectivity index (χ0) is 10.6. The fourth-order valence-electron chi connectivity index (χ4n) is 1.43. The molecule has 0 unspecified atom stereocenters. The molecule has 0 aliphatic rings. The van der Waals surface area contributed by atoms with Crippen molar-refractivity contribution in [2.45, 2.75) is 39.3 Å². The Labute approximate surface area is 86.0 Å². The molecule has 0 aromatic heterocycles. The number of aliphatic hydroxyl groups is 1. The van der Waals surface area contributed by atoms with Gasteiger partial charge in [0.15, 0.2) is 0 Å². The third-order valence-electron chi connectivity index (χ3n) is 2.52. The largest absolute Gasteiger partial charge is 0.391 e. The number of rotatable bonds is 4. The van der Waals surface area contributed by atoms with Gasteiger partial charge in [0, 0.05) is 11.7 Å². The van der Waals surface area contributed by atoms with Gasteiger partial charge in [-0.3, -0.25) is 0 Å². The molecule has 1 aromatic rings. The van der Waals surface area contributed by atoms with Gasteiger partial charge in [-0.25, -0.2) is 0 Å². The van der Waals surface area contributed by atoms with E-state index in [0.717, 1.165) is 12.1 Å². The fraction of sp³-hybridized carbons (Fsp3) is 0.500. The highest BCUT2D eigenvalue weighted by molar-refractivity contribution is 5.50. The lowest BCUT2D eigenvalue weighted by atomic mass is 10.1. The van der Waals surface area contributed by atoms with Crippen molar-refractivity contribution in [1.82, 2.24) is 0 Å². The lowest BCUT2D eigenvalue weighted by Gasteiger charge is -2.21. The summed E-state index contributed by atoms with van der Waals surface area (Å²) in [5.41, 5.74) is 2.31. The SMILES string of the molecule is CC[C@@H](O)[C@@H](C)Nc1ccccc1C. The number of aliphatic hydroxyl groups excluding tert-OH is 1. The van der Waals surface area contributed by atoms with Crippen LogP contribution in [-0.2, 0) is 0 Å². The Morgan fingerprint density at radius 1 is 1.36 bits per heavy atom. The van der Waals surface area contributed by atoms with E-state index in [1.807, 2.05) is 32.0 Å². The van der Waals surface area contributed by atoms with E-state index in [2.05, 4.69) is 18.3 Å². The molecule has 78 valence electrons. The van der Waals surface area contributed by atoms with Gasteiger partial charge in [-0.1, -0.05) is 25.1 Å².